The third kappa shape index (κ3) is 11.7. The van der Waals surface area contributed by atoms with Crippen LogP contribution in [0.5, 0.6) is 0 Å². The van der Waals surface area contributed by atoms with Crippen molar-refractivity contribution < 1.29 is 40.0 Å². The Hall–Kier alpha value is -3.52. The zero-order valence-electron chi connectivity index (χ0n) is 51.6. The maximum absolute atomic E-state index is 7.40. The first-order valence-corrected chi connectivity index (χ1v) is 30.0. The highest BCUT2D eigenvalue weighted by Gasteiger charge is 2.58. The van der Waals surface area contributed by atoms with Gasteiger partial charge in [0.25, 0.3) is 0 Å². The van der Waals surface area contributed by atoms with Gasteiger partial charge >= 0.3 is 16.5 Å². The normalized spacial score (nSPS) is 20.6. The largest absolute Gasteiger partial charge is 0.399 e. The van der Waals surface area contributed by atoms with E-state index >= 15 is 0 Å². The topological polar surface area (TPSA) is 98.7 Å². The fourth-order valence-corrected chi connectivity index (χ4v) is 12.8. The molecule has 9 nitrogen and oxygen atoms in total. The van der Waals surface area contributed by atoms with E-state index < -0.39 is 53.0 Å². The molecule has 418 valence electrons. The lowest BCUT2D eigenvalue weighted by Gasteiger charge is -2.28. The van der Waals surface area contributed by atoms with E-state index in [0.29, 0.717) is 0 Å². The summed E-state index contributed by atoms with van der Waals surface area (Å²) in [5.74, 6) is -0.940. The molecule has 8 rings (SSSR count). The molecule has 0 saturated carbocycles. The number of rotatable bonds is 5. The van der Waals surface area contributed by atoms with Crippen molar-refractivity contribution in [1.82, 2.24) is 0 Å². The minimum Gasteiger partial charge on any atom is -0.399 e. The van der Waals surface area contributed by atoms with E-state index in [0.717, 1.165) is 66.1 Å². The summed E-state index contributed by atoms with van der Waals surface area (Å²) < 4.78 is 64.0. The first-order chi connectivity index (χ1) is 34.3. The summed E-state index contributed by atoms with van der Waals surface area (Å²) in [4.78, 5) is 0. The van der Waals surface area contributed by atoms with Gasteiger partial charge in [-0.2, -0.15) is 0 Å². The lowest BCUT2D eigenvalue weighted by Crippen LogP contribution is -2.44. The molecule has 5 atom stereocenters. The Morgan fingerprint density at radius 1 is 0.408 bits per heavy atom. The van der Waals surface area contributed by atoms with Crippen LogP contribution in [0, 0.1) is 0 Å². The van der Waals surface area contributed by atoms with Crippen molar-refractivity contribution >= 4 is 60.4 Å². The molecular weight excluding hydrogens is 987 g/mol. The first-order valence-electron chi connectivity index (χ1n) is 27.8. The van der Waals surface area contributed by atoms with Crippen LogP contribution in [-0.2, 0) is 57.5 Å². The molecule has 0 amide bonds. The summed E-state index contributed by atoms with van der Waals surface area (Å²) in [6.45, 7) is 60.0. The second-order valence-corrected chi connectivity index (χ2v) is 32.9. The van der Waals surface area contributed by atoms with Crippen LogP contribution in [0.25, 0.3) is 43.9 Å². The monoisotopic (exact) mass is 1080 g/mol. The predicted octanol–water partition coefficient (Wildman–Crippen LogP) is 19.5. The first kappa shape index (κ1) is 58.6. The lowest BCUT2D eigenvalue weighted by molar-refractivity contribution is -0.218. The van der Waals surface area contributed by atoms with Crippen LogP contribution in [0.15, 0.2) is 65.3 Å². The smallest absolute Gasteiger partial charge is 0.387 e. The standard InChI is InChI=1S/C65H94O9P2/c1-36(69-75-70-50-41(28-37(57(2,3)4)32-45(50)61(14,15)16)42-29-38(58(5,6)7)33-46(51(42)71-75)62(17,18)19)49-54(55-56(66-49)68-65(26,27)67-55)74-76-72-52-43(30-39(59(8,9)10)34-47(52)63(20,21)22)44-31-40(60(11,12)13)35-48(53(44)73-76)64(23,24)25/h28-36,49,54-56H,1-27H3/t36?,49-,54+,55-,56-/m1/s1. The average molecular weight is 1080 g/mol. The van der Waals surface area contributed by atoms with Crippen molar-refractivity contribution in [1.29, 1.82) is 0 Å². The molecule has 2 aliphatic heterocycles. The molecule has 0 spiro atoms. The van der Waals surface area contributed by atoms with Crippen molar-refractivity contribution in [2.45, 2.75) is 267 Å². The fraction of sp³-hybridized carbons (Fsp3) is 0.631. The maximum atomic E-state index is 7.40. The Morgan fingerprint density at radius 2 is 0.697 bits per heavy atom. The maximum Gasteiger partial charge on any atom is 0.387 e. The molecule has 1 unspecified atom stereocenters. The van der Waals surface area contributed by atoms with Crippen LogP contribution >= 0.6 is 16.5 Å². The number of fused-ring (bicyclic) bond motifs is 7. The van der Waals surface area contributed by atoms with E-state index in [2.05, 4.69) is 215 Å². The Morgan fingerprint density at radius 3 is 0.974 bits per heavy atom. The van der Waals surface area contributed by atoms with Crippen molar-refractivity contribution in [3.05, 3.63) is 93.0 Å². The molecule has 2 saturated heterocycles. The van der Waals surface area contributed by atoms with Gasteiger partial charge in [-0.3, -0.25) is 9.05 Å². The Bertz CT molecular complexity index is 3090. The SMILES string of the molecule is CC(Op1oc2c(C(C)(C)C)cc(C(C)(C)C)cc2c2cc(C(C)(C)C)cc(C(C)(C)C)c2o1)[C@H]1O[C@@H]2OC(C)(C)O[C@@H]2[C@H]1Op1oc2c(C(C)(C)C)cc(C(C)(C)C)cc2c2cc(C(C)(C)C)cc(C(C)(C)C)c2o1. The second kappa shape index (κ2) is 19.1. The number of hydrogen-bond donors (Lipinski definition) is 0. The lowest BCUT2D eigenvalue weighted by atomic mass is 9.77. The van der Waals surface area contributed by atoms with Crippen molar-refractivity contribution in [3.8, 4) is 0 Å². The molecule has 0 N–H and O–H groups in total. The predicted molar refractivity (Wildman–Crippen MR) is 317 cm³/mol. The summed E-state index contributed by atoms with van der Waals surface area (Å²) in [6, 6.07) is 18.5. The number of ether oxygens (including phenoxy) is 3. The van der Waals surface area contributed by atoms with Crippen LogP contribution < -0.4 is 9.05 Å². The van der Waals surface area contributed by atoms with E-state index in [1.54, 1.807) is 0 Å². The fourth-order valence-electron chi connectivity index (χ4n) is 10.4. The van der Waals surface area contributed by atoms with Crippen molar-refractivity contribution in [3.63, 3.8) is 0 Å². The number of benzene rings is 4. The Balaban J connectivity index is 1.38. The van der Waals surface area contributed by atoms with E-state index in [-0.39, 0.29) is 43.3 Å². The van der Waals surface area contributed by atoms with Crippen LogP contribution in [-0.4, -0.2) is 36.5 Å². The highest BCUT2D eigenvalue weighted by molar-refractivity contribution is 7.32. The molecule has 4 heterocycles. The summed E-state index contributed by atoms with van der Waals surface area (Å²) >= 11 is 0. The van der Waals surface area contributed by atoms with Crippen LogP contribution in [0.1, 0.15) is 231 Å². The van der Waals surface area contributed by atoms with Gasteiger partial charge in [0.1, 0.15) is 40.6 Å². The van der Waals surface area contributed by atoms with Gasteiger partial charge in [0.15, 0.2) is 12.1 Å². The molecule has 11 heteroatoms. The van der Waals surface area contributed by atoms with E-state index in [9.17, 15) is 0 Å². The summed E-state index contributed by atoms with van der Waals surface area (Å²) in [6.07, 6.45) is -3.56. The van der Waals surface area contributed by atoms with Gasteiger partial charge in [-0.25, -0.2) is 0 Å². The van der Waals surface area contributed by atoms with Crippen molar-refractivity contribution in [2.75, 3.05) is 0 Å². The third-order valence-corrected chi connectivity index (χ3v) is 17.5. The average Bonchev–Trinajstić information content (AvgIpc) is 3.57. The van der Waals surface area contributed by atoms with Gasteiger partial charge in [0.05, 0.1) is 6.10 Å². The highest BCUT2D eigenvalue weighted by Crippen LogP contribution is 2.50. The van der Waals surface area contributed by atoms with E-state index in [4.69, 9.17) is 40.0 Å². The van der Waals surface area contributed by atoms with Crippen LogP contribution in [0.3, 0.4) is 0 Å². The molecule has 0 bridgehead atoms. The molecule has 0 aliphatic carbocycles. The third-order valence-electron chi connectivity index (χ3n) is 15.2. The minimum absolute atomic E-state index is 0.137. The minimum atomic E-state index is -2.17. The zero-order valence-corrected chi connectivity index (χ0v) is 53.4. The Labute approximate surface area is 458 Å². The van der Waals surface area contributed by atoms with Gasteiger partial charge in [0.2, 0.25) is 0 Å². The molecule has 6 aromatic rings. The quantitative estimate of drug-likeness (QED) is 0.167. The molecule has 2 aromatic heterocycles. The van der Waals surface area contributed by atoms with Crippen LogP contribution in [0.2, 0.25) is 0 Å². The molecule has 4 aromatic carbocycles. The van der Waals surface area contributed by atoms with E-state index in [1.165, 1.54) is 22.3 Å². The Kier molecular flexibility index (Phi) is 14.7. The summed E-state index contributed by atoms with van der Waals surface area (Å²) in [7, 11) is -4.28. The number of hydrogen-bond acceptors (Lipinski definition) is 9. The summed E-state index contributed by atoms with van der Waals surface area (Å²) in [5.41, 5.74) is 10.5. The molecule has 2 fully saturated rings. The molecule has 0 radical (unpaired) electrons. The molecular formula is C65H94O9P2. The zero-order chi connectivity index (χ0) is 56.8. The van der Waals surface area contributed by atoms with Gasteiger partial charge in [0, 0.05) is 43.8 Å². The van der Waals surface area contributed by atoms with Gasteiger partial charge in [-0.05, 0) is 111 Å². The van der Waals surface area contributed by atoms with Crippen LogP contribution in [0.4, 0.5) is 0 Å². The second-order valence-electron chi connectivity index (χ2n) is 30.9. The summed E-state index contributed by atoms with van der Waals surface area (Å²) in [5, 5.41) is 3.99. The van der Waals surface area contributed by atoms with Gasteiger partial charge in [-0.1, -0.05) is 190 Å². The van der Waals surface area contributed by atoms with Gasteiger partial charge in [-0.15, -0.1) is 0 Å². The van der Waals surface area contributed by atoms with Crippen molar-refractivity contribution in [2.24, 2.45) is 0 Å². The highest BCUT2D eigenvalue weighted by atomic mass is 31.1. The van der Waals surface area contributed by atoms with E-state index in [1.807, 2.05) is 20.8 Å². The van der Waals surface area contributed by atoms with Gasteiger partial charge < -0.3 is 31.0 Å². The molecule has 76 heavy (non-hydrogen) atoms. The molecule has 2 aliphatic rings.